The Balaban J connectivity index is 2.64. The lowest BCUT2D eigenvalue weighted by molar-refractivity contribution is 0.100. The first-order valence-corrected chi connectivity index (χ1v) is 3.83. The molecule has 0 spiro atoms. The predicted molar refractivity (Wildman–Crippen MR) is 47.3 cm³/mol. The SMILES string of the molecule is NCC(=O)c1c[nH]c2cncnc12. The molecule has 0 atom stereocenters. The third kappa shape index (κ3) is 1.19. The van der Waals surface area contributed by atoms with Crippen LogP contribution in [0, 0.1) is 0 Å². The van der Waals surface area contributed by atoms with Crippen molar-refractivity contribution in [3.8, 4) is 0 Å². The van der Waals surface area contributed by atoms with Crippen molar-refractivity contribution in [2.24, 2.45) is 5.73 Å². The zero-order valence-electron chi connectivity index (χ0n) is 6.82. The summed E-state index contributed by atoms with van der Waals surface area (Å²) in [6.07, 6.45) is 4.63. The summed E-state index contributed by atoms with van der Waals surface area (Å²) in [5.74, 6) is -0.120. The molecule has 0 bridgehead atoms. The van der Waals surface area contributed by atoms with Gasteiger partial charge in [0.05, 0.1) is 23.8 Å². The minimum absolute atomic E-state index is 0.00302. The highest BCUT2D eigenvalue weighted by Crippen LogP contribution is 2.13. The quantitative estimate of drug-likeness (QED) is 0.635. The molecule has 0 fully saturated rings. The van der Waals surface area contributed by atoms with E-state index < -0.39 is 0 Å². The van der Waals surface area contributed by atoms with Gasteiger partial charge in [-0.15, -0.1) is 0 Å². The van der Waals surface area contributed by atoms with Crippen LogP contribution in [0.2, 0.25) is 0 Å². The van der Waals surface area contributed by atoms with Gasteiger partial charge in [0.1, 0.15) is 11.8 Å². The molecule has 0 aliphatic rings. The molecule has 2 aromatic heterocycles. The first kappa shape index (κ1) is 7.88. The highest BCUT2D eigenvalue weighted by atomic mass is 16.1. The van der Waals surface area contributed by atoms with Crippen molar-refractivity contribution < 1.29 is 4.79 Å². The molecule has 0 saturated carbocycles. The Kier molecular flexibility index (Phi) is 1.79. The Labute approximate surface area is 74.0 Å². The number of Topliss-reactive ketones (excluding diaryl/α,β-unsaturated/α-hetero) is 1. The number of nitrogens with two attached hydrogens (primary N) is 1. The van der Waals surface area contributed by atoms with Crippen LogP contribution >= 0.6 is 0 Å². The second-order valence-electron chi connectivity index (χ2n) is 2.61. The number of nitrogens with zero attached hydrogens (tertiary/aromatic N) is 2. The van der Waals surface area contributed by atoms with Crippen LogP contribution < -0.4 is 5.73 Å². The van der Waals surface area contributed by atoms with Crippen molar-refractivity contribution >= 4 is 16.8 Å². The largest absolute Gasteiger partial charge is 0.358 e. The number of ketones is 1. The molecule has 66 valence electrons. The fraction of sp³-hybridized carbons (Fsp3) is 0.125. The van der Waals surface area contributed by atoms with Gasteiger partial charge in [-0.1, -0.05) is 0 Å². The van der Waals surface area contributed by atoms with Crippen LogP contribution in [0.1, 0.15) is 10.4 Å². The van der Waals surface area contributed by atoms with E-state index in [-0.39, 0.29) is 12.3 Å². The van der Waals surface area contributed by atoms with Crippen molar-refractivity contribution in [3.63, 3.8) is 0 Å². The lowest BCUT2D eigenvalue weighted by Crippen LogP contribution is -2.13. The Morgan fingerprint density at radius 3 is 3.23 bits per heavy atom. The van der Waals surface area contributed by atoms with Gasteiger partial charge in [0.2, 0.25) is 0 Å². The Morgan fingerprint density at radius 2 is 2.46 bits per heavy atom. The number of nitrogens with one attached hydrogen (secondary N) is 1. The first-order valence-electron chi connectivity index (χ1n) is 3.83. The Hall–Kier alpha value is -1.75. The number of H-pyrrole nitrogens is 1. The maximum Gasteiger partial charge on any atom is 0.180 e. The number of fused-ring (bicyclic) bond motifs is 1. The molecule has 0 aromatic carbocycles. The van der Waals surface area contributed by atoms with Gasteiger partial charge < -0.3 is 10.7 Å². The van der Waals surface area contributed by atoms with E-state index in [1.165, 1.54) is 6.33 Å². The number of aromatic amines is 1. The van der Waals surface area contributed by atoms with Crippen LogP contribution in [0.25, 0.3) is 11.0 Å². The van der Waals surface area contributed by atoms with Crippen LogP contribution in [0.5, 0.6) is 0 Å². The van der Waals surface area contributed by atoms with Gasteiger partial charge in [0, 0.05) is 6.20 Å². The molecule has 0 aliphatic heterocycles. The molecule has 13 heavy (non-hydrogen) atoms. The molecule has 2 aromatic rings. The zero-order valence-corrected chi connectivity index (χ0v) is 6.82. The second kappa shape index (κ2) is 2.95. The molecule has 0 radical (unpaired) electrons. The summed E-state index contributed by atoms with van der Waals surface area (Å²) < 4.78 is 0. The number of carbonyl (C=O) groups is 1. The van der Waals surface area contributed by atoms with Crippen LogP contribution in [0.3, 0.4) is 0 Å². The zero-order chi connectivity index (χ0) is 9.26. The molecule has 0 unspecified atom stereocenters. The van der Waals surface area contributed by atoms with Crippen molar-refractivity contribution in [2.45, 2.75) is 0 Å². The van der Waals surface area contributed by atoms with Crippen LogP contribution in [0.4, 0.5) is 0 Å². The molecule has 5 nitrogen and oxygen atoms in total. The second-order valence-corrected chi connectivity index (χ2v) is 2.61. The summed E-state index contributed by atoms with van der Waals surface area (Å²) >= 11 is 0. The maximum atomic E-state index is 11.3. The van der Waals surface area contributed by atoms with E-state index in [4.69, 9.17) is 5.73 Å². The highest BCUT2D eigenvalue weighted by molar-refractivity contribution is 6.07. The van der Waals surface area contributed by atoms with Crippen LogP contribution in [-0.4, -0.2) is 27.3 Å². The van der Waals surface area contributed by atoms with Gasteiger partial charge in [0.15, 0.2) is 5.78 Å². The number of rotatable bonds is 2. The summed E-state index contributed by atoms with van der Waals surface area (Å²) in [5, 5.41) is 0. The van der Waals surface area contributed by atoms with Gasteiger partial charge in [-0.25, -0.2) is 9.97 Å². The summed E-state index contributed by atoms with van der Waals surface area (Å²) in [6.45, 7) is -0.00302. The van der Waals surface area contributed by atoms with Gasteiger partial charge in [-0.3, -0.25) is 4.79 Å². The van der Waals surface area contributed by atoms with Crippen molar-refractivity contribution in [3.05, 3.63) is 24.3 Å². The minimum Gasteiger partial charge on any atom is -0.358 e. The van der Waals surface area contributed by atoms with E-state index in [1.807, 2.05) is 0 Å². The summed E-state index contributed by atoms with van der Waals surface area (Å²) in [6, 6.07) is 0. The lowest BCUT2D eigenvalue weighted by Gasteiger charge is -1.92. The molecule has 5 heteroatoms. The number of hydrogen-bond acceptors (Lipinski definition) is 4. The fourth-order valence-electron chi connectivity index (χ4n) is 1.19. The van der Waals surface area contributed by atoms with E-state index in [1.54, 1.807) is 12.4 Å². The Bertz CT molecular complexity index is 448. The highest BCUT2D eigenvalue weighted by Gasteiger charge is 2.10. The van der Waals surface area contributed by atoms with Crippen LogP contribution in [0.15, 0.2) is 18.7 Å². The minimum atomic E-state index is -0.120. The lowest BCUT2D eigenvalue weighted by atomic mass is 10.2. The third-order valence-electron chi connectivity index (χ3n) is 1.83. The summed E-state index contributed by atoms with van der Waals surface area (Å²) in [5.41, 5.74) is 7.15. The summed E-state index contributed by atoms with van der Waals surface area (Å²) in [7, 11) is 0. The molecule has 2 heterocycles. The topological polar surface area (TPSA) is 84.7 Å². The van der Waals surface area contributed by atoms with E-state index in [0.29, 0.717) is 11.1 Å². The number of hydrogen-bond donors (Lipinski definition) is 2. The van der Waals surface area contributed by atoms with Crippen molar-refractivity contribution in [2.75, 3.05) is 6.54 Å². The smallest absolute Gasteiger partial charge is 0.180 e. The normalized spacial score (nSPS) is 10.5. The molecule has 0 amide bonds. The predicted octanol–water partition coefficient (Wildman–Crippen LogP) is 0.0993. The monoisotopic (exact) mass is 176 g/mol. The average molecular weight is 176 g/mol. The van der Waals surface area contributed by atoms with Crippen molar-refractivity contribution in [1.29, 1.82) is 0 Å². The van der Waals surface area contributed by atoms with Gasteiger partial charge >= 0.3 is 0 Å². The Morgan fingerprint density at radius 1 is 1.62 bits per heavy atom. The molecule has 0 saturated heterocycles. The van der Waals surface area contributed by atoms with E-state index in [9.17, 15) is 4.79 Å². The van der Waals surface area contributed by atoms with Gasteiger partial charge in [-0.2, -0.15) is 0 Å². The molecular weight excluding hydrogens is 168 g/mol. The molecule has 2 rings (SSSR count). The van der Waals surface area contributed by atoms with E-state index in [0.717, 1.165) is 5.52 Å². The van der Waals surface area contributed by atoms with Gasteiger partial charge in [0.25, 0.3) is 0 Å². The summed E-state index contributed by atoms with van der Waals surface area (Å²) in [4.78, 5) is 22.0. The average Bonchev–Trinajstić information content (AvgIpc) is 2.60. The standard InChI is InChI=1S/C8H8N4O/c9-1-7(13)5-2-11-6-3-10-4-12-8(5)6/h2-4,11H,1,9H2. The third-order valence-corrected chi connectivity index (χ3v) is 1.83. The van der Waals surface area contributed by atoms with Gasteiger partial charge in [-0.05, 0) is 0 Å². The van der Waals surface area contributed by atoms with Crippen molar-refractivity contribution in [1.82, 2.24) is 15.0 Å². The van der Waals surface area contributed by atoms with E-state index >= 15 is 0 Å². The molecular formula is C8H8N4O. The number of carbonyl (C=O) groups excluding carboxylic acids is 1. The van der Waals surface area contributed by atoms with Crippen LogP contribution in [-0.2, 0) is 0 Å². The van der Waals surface area contributed by atoms with E-state index in [2.05, 4.69) is 15.0 Å². The molecule has 0 aliphatic carbocycles. The first-order chi connectivity index (χ1) is 6.33. The molecule has 3 N–H and O–H groups in total. The number of aromatic nitrogens is 3. The fourth-order valence-corrected chi connectivity index (χ4v) is 1.19. The maximum absolute atomic E-state index is 11.3.